The summed E-state index contributed by atoms with van der Waals surface area (Å²) in [5.74, 6) is 1.91. The highest BCUT2D eigenvalue weighted by molar-refractivity contribution is 5.75. The molecule has 0 aliphatic heterocycles. The number of carbonyl (C=O) groups excluding carboxylic acids is 1. The van der Waals surface area contributed by atoms with Crippen LogP contribution in [0, 0.1) is 18.8 Å². The van der Waals surface area contributed by atoms with Gasteiger partial charge in [0.25, 0.3) is 0 Å². The highest BCUT2D eigenvalue weighted by Crippen LogP contribution is 2.46. The van der Waals surface area contributed by atoms with Gasteiger partial charge in [-0.1, -0.05) is 31.5 Å². The van der Waals surface area contributed by atoms with Crippen molar-refractivity contribution in [1.82, 2.24) is 0 Å². The summed E-state index contributed by atoms with van der Waals surface area (Å²) in [4.78, 5) is 11.5. The quantitative estimate of drug-likeness (QED) is 0.710. The first kappa shape index (κ1) is 15.9. The Kier molecular flexibility index (Phi) is 5.27. The lowest BCUT2D eigenvalue weighted by Gasteiger charge is -2.17. The molecular weight excluding hydrogens is 264 g/mol. The highest BCUT2D eigenvalue weighted by atomic mass is 16.5. The van der Waals surface area contributed by atoms with Crippen LogP contribution in [0.2, 0.25) is 0 Å². The van der Waals surface area contributed by atoms with Gasteiger partial charge in [-0.15, -0.1) is 0 Å². The Hall–Kier alpha value is -1.51. The maximum atomic E-state index is 11.5. The molecule has 116 valence electrons. The predicted molar refractivity (Wildman–Crippen MR) is 83.6 cm³/mol. The summed E-state index contributed by atoms with van der Waals surface area (Å²) < 4.78 is 10.7. The second kappa shape index (κ2) is 6.97. The molecule has 1 saturated carbocycles. The summed E-state index contributed by atoms with van der Waals surface area (Å²) in [5.41, 5.74) is 2.51. The Labute approximate surface area is 127 Å². The van der Waals surface area contributed by atoms with E-state index in [9.17, 15) is 4.79 Å². The van der Waals surface area contributed by atoms with Crippen LogP contribution in [0.5, 0.6) is 5.75 Å². The SMILES string of the molecule is CCCOc1ccc(C)cc1C(C)CC1CC1C(=O)OC. The van der Waals surface area contributed by atoms with Gasteiger partial charge in [-0.3, -0.25) is 4.79 Å². The number of rotatable bonds is 7. The van der Waals surface area contributed by atoms with Crippen molar-refractivity contribution in [1.29, 1.82) is 0 Å². The second-order valence-electron chi connectivity index (χ2n) is 6.15. The molecule has 21 heavy (non-hydrogen) atoms. The molecule has 1 fully saturated rings. The standard InChI is InChI=1S/C18H26O3/c1-5-8-21-17-7-6-12(2)9-15(17)13(3)10-14-11-16(14)18(19)20-4/h6-7,9,13-14,16H,5,8,10-11H2,1-4H3. The fourth-order valence-electron chi connectivity index (χ4n) is 2.93. The molecule has 2 rings (SSSR count). The molecule has 1 aromatic rings. The van der Waals surface area contributed by atoms with E-state index in [4.69, 9.17) is 9.47 Å². The molecule has 3 heteroatoms. The van der Waals surface area contributed by atoms with Crippen LogP contribution < -0.4 is 4.74 Å². The lowest BCUT2D eigenvalue weighted by atomic mass is 9.92. The predicted octanol–water partition coefficient (Wildman–Crippen LogP) is 4.09. The fourth-order valence-corrected chi connectivity index (χ4v) is 2.93. The molecule has 0 amide bonds. The van der Waals surface area contributed by atoms with E-state index in [1.165, 1.54) is 18.2 Å². The molecule has 1 aliphatic rings. The monoisotopic (exact) mass is 290 g/mol. The van der Waals surface area contributed by atoms with Gasteiger partial charge < -0.3 is 9.47 Å². The summed E-state index contributed by atoms with van der Waals surface area (Å²) in [6.07, 6.45) is 2.99. The number of esters is 1. The van der Waals surface area contributed by atoms with Gasteiger partial charge in [-0.05, 0) is 49.7 Å². The Morgan fingerprint density at radius 1 is 1.43 bits per heavy atom. The van der Waals surface area contributed by atoms with Crippen LogP contribution in [0.4, 0.5) is 0 Å². The second-order valence-corrected chi connectivity index (χ2v) is 6.15. The first-order valence-corrected chi connectivity index (χ1v) is 7.88. The van der Waals surface area contributed by atoms with E-state index >= 15 is 0 Å². The molecule has 0 spiro atoms. The molecular formula is C18H26O3. The third kappa shape index (κ3) is 3.99. The Bertz CT molecular complexity index is 495. The molecule has 1 aliphatic carbocycles. The Morgan fingerprint density at radius 2 is 2.19 bits per heavy atom. The topological polar surface area (TPSA) is 35.5 Å². The lowest BCUT2D eigenvalue weighted by molar-refractivity contribution is -0.142. The van der Waals surface area contributed by atoms with Crippen LogP contribution in [0.15, 0.2) is 18.2 Å². The molecule has 3 unspecified atom stereocenters. The first-order valence-electron chi connectivity index (χ1n) is 7.88. The maximum absolute atomic E-state index is 11.5. The average Bonchev–Trinajstić information content (AvgIpc) is 3.24. The molecule has 0 heterocycles. The van der Waals surface area contributed by atoms with Gasteiger partial charge in [0.1, 0.15) is 5.75 Å². The summed E-state index contributed by atoms with van der Waals surface area (Å²) in [6, 6.07) is 6.38. The van der Waals surface area contributed by atoms with Crippen molar-refractivity contribution >= 4 is 5.97 Å². The van der Waals surface area contributed by atoms with Crippen molar-refractivity contribution in [2.24, 2.45) is 11.8 Å². The zero-order valence-corrected chi connectivity index (χ0v) is 13.5. The minimum Gasteiger partial charge on any atom is -0.493 e. The Morgan fingerprint density at radius 3 is 2.86 bits per heavy atom. The van der Waals surface area contributed by atoms with Gasteiger partial charge in [-0.25, -0.2) is 0 Å². The molecule has 1 aromatic carbocycles. The van der Waals surface area contributed by atoms with Gasteiger partial charge in [-0.2, -0.15) is 0 Å². The zero-order valence-electron chi connectivity index (χ0n) is 13.5. The molecule has 3 atom stereocenters. The first-order chi connectivity index (χ1) is 10.1. The average molecular weight is 290 g/mol. The lowest BCUT2D eigenvalue weighted by Crippen LogP contribution is -2.07. The third-order valence-electron chi connectivity index (χ3n) is 4.24. The minimum absolute atomic E-state index is 0.0566. The van der Waals surface area contributed by atoms with Crippen LogP contribution in [0.3, 0.4) is 0 Å². The number of hydrogen-bond donors (Lipinski definition) is 0. The molecule has 0 bridgehead atoms. The van der Waals surface area contributed by atoms with Gasteiger partial charge in [0, 0.05) is 0 Å². The zero-order chi connectivity index (χ0) is 15.4. The number of aryl methyl sites for hydroxylation is 1. The Balaban J connectivity index is 2.03. The largest absolute Gasteiger partial charge is 0.493 e. The number of benzene rings is 1. The number of carbonyl (C=O) groups is 1. The van der Waals surface area contributed by atoms with Crippen molar-refractivity contribution in [3.63, 3.8) is 0 Å². The number of ether oxygens (including phenoxy) is 2. The smallest absolute Gasteiger partial charge is 0.308 e. The van der Waals surface area contributed by atoms with Crippen molar-refractivity contribution in [3.05, 3.63) is 29.3 Å². The van der Waals surface area contributed by atoms with E-state index in [1.807, 2.05) is 0 Å². The van der Waals surface area contributed by atoms with E-state index in [1.54, 1.807) is 0 Å². The van der Waals surface area contributed by atoms with Crippen LogP contribution in [-0.4, -0.2) is 19.7 Å². The summed E-state index contributed by atoms with van der Waals surface area (Å²) in [6.45, 7) is 7.19. The molecule has 0 aromatic heterocycles. The van der Waals surface area contributed by atoms with Gasteiger partial charge in [0.2, 0.25) is 0 Å². The van der Waals surface area contributed by atoms with Crippen molar-refractivity contribution < 1.29 is 14.3 Å². The van der Waals surface area contributed by atoms with Crippen LogP contribution in [-0.2, 0) is 9.53 Å². The molecule has 3 nitrogen and oxygen atoms in total. The summed E-state index contributed by atoms with van der Waals surface area (Å²) in [7, 11) is 1.47. The van der Waals surface area contributed by atoms with Gasteiger partial charge >= 0.3 is 5.97 Å². The number of hydrogen-bond acceptors (Lipinski definition) is 3. The van der Waals surface area contributed by atoms with Crippen molar-refractivity contribution in [2.45, 2.75) is 46.0 Å². The van der Waals surface area contributed by atoms with Crippen LogP contribution in [0.25, 0.3) is 0 Å². The van der Waals surface area contributed by atoms with Gasteiger partial charge in [0.05, 0.1) is 19.6 Å². The minimum atomic E-state index is -0.0566. The molecule has 0 saturated heterocycles. The van der Waals surface area contributed by atoms with E-state index < -0.39 is 0 Å². The fraction of sp³-hybridized carbons (Fsp3) is 0.611. The summed E-state index contributed by atoms with van der Waals surface area (Å²) in [5, 5.41) is 0. The van der Waals surface area contributed by atoms with Crippen LogP contribution >= 0.6 is 0 Å². The van der Waals surface area contributed by atoms with E-state index in [0.717, 1.165) is 31.6 Å². The molecule has 0 N–H and O–H groups in total. The van der Waals surface area contributed by atoms with Crippen LogP contribution in [0.1, 0.15) is 50.2 Å². The molecule has 0 radical (unpaired) electrons. The van der Waals surface area contributed by atoms with E-state index in [2.05, 4.69) is 39.0 Å². The normalized spacial score (nSPS) is 21.7. The summed E-state index contributed by atoms with van der Waals surface area (Å²) >= 11 is 0. The number of methoxy groups -OCH3 is 1. The van der Waals surface area contributed by atoms with E-state index in [0.29, 0.717) is 11.8 Å². The van der Waals surface area contributed by atoms with Crippen molar-refractivity contribution in [3.8, 4) is 5.75 Å². The maximum Gasteiger partial charge on any atom is 0.308 e. The highest BCUT2D eigenvalue weighted by Gasteiger charge is 2.44. The van der Waals surface area contributed by atoms with Gasteiger partial charge in [0.15, 0.2) is 0 Å². The third-order valence-corrected chi connectivity index (χ3v) is 4.24. The van der Waals surface area contributed by atoms with Crippen molar-refractivity contribution in [2.75, 3.05) is 13.7 Å². The van der Waals surface area contributed by atoms with E-state index in [-0.39, 0.29) is 11.9 Å².